The van der Waals surface area contributed by atoms with Crippen LogP contribution in [0.25, 0.3) is 11.6 Å². The molecule has 0 saturated carbocycles. The van der Waals surface area contributed by atoms with Crippen LogP contribution < -0.4 is 5.32 Å². The third kappa shape index (κ3) is 1.69. The summed E-state index contributed by atoms with van der Waals surface area (Å²) in [4.78, 5) is 15.7. The summed E-state index contributed by atoms with van der Waals surface area (Å²) in [6.07, 6.45) is 3.63. The quantitative estimate of drug-likeness (QED) is 0.710. The fourth-order valence-electron chi connectivity index (χ4n) is 1.84. The molecule has 17 heavy (non-hydrogen) atoms. The average Bonchev–Trinajstić information content (AvgIpc) is 2.98. The highest BCUT2D eigenvalue weighted by molar-refractivity contribution is 7.17. The Kier molecular flexibility index (Phi) is 2.35. The Morgan fingerprint density at radius 1 is 1.47 bits per heavy atom. The summed E-state index contributed by atoms with van der Waals surface area (Å²) in [5, 5.41) is 12.7. The zero-order valence-electron chi connectivity index (χ0n) is 8.86. The van der Waals surface area contributed by atoms with E-state index in [1.165, 1.54) is 11.3 Å². The Morgan fingerprint density at radius 2 is 2.35 bits per heavy atom. The molecule has 2 aromatic heterocycles. The van der Waals surface area contributed by atoms with Gasteiger partial charge in [-0.15, -0.1) is 11.3 Å². The van der Waals surface area contributed by atoms with E-state index in [1.807, 2.05) is 30.5 Å². The molecule has 1 amide bonds. The molecular weight excluding hydrogens is 236 g/mol. The van der Waals surface area contributed by atoms with Gasteiger partial charge in [0.15, 0.2) is 0 Å². The third-order valence-electron chi connectivity index (χ3n) is 2.62. The van der Waals surface area contributed by atoms with E-state index in [9.17, 15) is 4.79 Å². The highest BCUT2D eigenvalue weighted by Crippen LogP contribution is 2.39. The highest BCUT2D eigenvalue weighted by atomic mass is 32.1. The molecule has 3 rings (SSSR count). The van der Waals surface area contributed by atoms with Gasteiger partial charge in [-0.25, -0.2) is 0 Å². The van der Waals surface area contributed by atoms with Crippen LogP contribution in [0.3, 0.4) is 0 Å². The Hall–Kier alpha value is -1.85. The third-order valence-corrected chi connectivity index (χ3v) is 3.66. The van der Waals surface area contributed by atoms with Crippen molar-refractivity contribution in [2.45, 2.75) is 6.61 Å². The van der Waals surface area contributed by atoms with Gasteiger partial charge in [-0.2, -0.15) is 0 Å². The van der Waals surface area contributed by atoms with E-state index in [2.05, 4.69) is 10.3 Å². The zero-order chi connectivity index (χ0) is 11.8. The first-order chi connectivity index (χ1) is 8.28. The Morgan fingerprint density at radius 3 is 3.06 bits per heavy atom. The van der Waals surface area contributed by atoms with Crippen molar-refractivity contribution in [1.82, 2.24) is 4.98 Å². The molecule has 0 radical (unpaired) electrons. The Balaban J connectivity index is 2.06. The topological polar surface area (TPSA) is 65.1 Å². The van der Waals surface area contributed by atoms with Crippen molar-refractivity contribution >= 4 is 33.9 Å². The molecule has 0 unspecified atom stereocenters. The van der Waals surface area contributed by atoms with Gasteiger partial charge in [-0.1, -0.05) is 0 Å². The molecule has 0 spiro atoms. The van der Waals surface area contributed by atoms with Crippen molar-refractivity contribution in [1.29, 1.82) is 0 Å². The molecule has 0 fully saturated rings. The summed E-state index contributed by atoms with van der Waals surface area (Å²) in [5.41, 5.74) is 2.40. The normalized spacial score (nSPS) is 16.3. The molecule has 0 atom stereocenters. The number of H-pyrrole nitrogens is 1. The molecule has 0 aliphatic carbocycles. The Labute approximate surface area is 102 Å². The SMILES string of the molecule is O=C1Nc2sc(CO)cc2/C1=C/c1ccc[nH]1. The number of nitrogens with one attached hydrogen (secondary N) is 2. The summed E-state index contributed by atoms with van der Waals surface area (Å²) in [6.45, 7) is 0.00329. The van der Waals surface area contributed by atoms with Crippen LogP contribution in [0.1, 0.15) is 16.1 Å². The number of aliphatic hydroxyl groups excluding tert-OH is 1. The minimum absolute atomic E-state index is 0.00329. The maximum atomic E-state index is 11.8. The second-order valence-corrected chi connectivity index (χ2v) is 4.89. The van der Waals surface area contributed by atoms with Gasteiger partial charge < -0.3 is 15.4 Å². The number of carbonyl (C=O) groups excluding carboxylic acids is 1. The molecular formula is C12H10N2O2S. The lowest BCUT2D eigenvalue weighted by atomic mass is 10.1. The minimum atomic E-state index is -0.0923. The van der Waals surface area contributed by atoms with Crippen molar-refractivity contribution in [3.63, 3.8) is 0 Å². The van der Waals surface area contributed by atoms with Crippen LogP contribution in [0.15, 0.2) is 24.4 Å². The van der Waals surface area contributed by atoms with Crippen LogP contribution in [-0.4, -0.2) is 16.0 Å². The molecule has 2 aromatic rings. The lowest BCUT2D eigenvalue weighted by Crippen LogP contribution is -2.03. The van der Waals surface area contributed by atoms with E-state index in [4.69, 9.17) is 5.11 Å². The number of rotatable bonds is 2. The van der Waals surface area contributed by atoms with Crippen molar-refractivity contribution < 1.29 is 9.90 Å². The van der Waals surface area contributed by atoms with Crippen LogP contribution in [-0.2, 0) is 11.4 Å². The maximum absolute atomic E-state index is 11.8. The molecule has 1 aliphatic heterocycles. The van der Waals surface area contributed by atoms with E-state index < -0.39 is 0 Å². The summed E-state index contributed by atoms with van der Waals surface area (Å²) < 4.78 is 0. The molecule has 86 valence electrons. The number of hydrogen-bond acceptors (Lipinski definition) is 3. The number of thiophene rings is 1. The molecule has 5 heteroatoms. The average molecular weight is 246 g/mol. The van der Waals surface area contributed by atoms with Gasteiger partial charge in [-0.3, -0.25) is 4.79 Å². The van der Waals surface area contributed by atoms with Crippen molar-refractivity contribution in [3.8, 4) is 0 Å². The molecule has 0 aromatic carbocycles. The monoisotopic (exact) mass is 246 g/mol. The lowest BCUT2D eigenvalue weighted by Gasteiger charge is -1.95. The van der Waals surface area contributed by atoms with Crippen LogP contribution in [0.5, 0.6) is 0 Å². The van der Waals surface area contributed by atoms with E-state index in [0.717, 1.165) is 21.1 Å². The van der Waals surface area contributed by atoms with Gasteiger partial charge in [0.25, 0.3) is 5.91 Å². The molecule has 1 aliphatic rings. The molecule has 0 bridgehead atoms. The first kappa shape index (κ1) is 10.3. The second kappa shape index (κ2) is 3.87. The maximum Gasteiger partial charge on any atom is 0.257 e. The van der Waals surface area contributed by atoms with E-state index in [-0.39, 0.29) is 12.5 Å². The molecule has 3 heterocycles. The van der Waals surface area contributed by atoms with E-state index in [0.29, 0.717) is 5.57 Å². The second-order valence-electron chi connectivity index (χ2n) is 3.75. The standard InChI is InChI=1S/C12H10N2O2S/c15-6-8-5-10-9(4-7-2-1-3-13-7)11(16)14-12(10)17-8/h1-5,13,15H,6H2,(H,14,16)/b9-4-. The van der Waals surface area contributed by atoms with Crippen LogP contribution in [0, 0.1) is 0 Å². The number of aromatic amines is 1. The first-order valence-corrected chi connectivity index (χ1v) is 6.00. The van der Waals surface area contributed by atoms with Crippen molar-refractivity contribution in [2.75, 3.05) is 5.32 Å². The van der Waals surface area contributed by atoms with Gasteiger partial charge in [0.2, 0.25) is 0 Å². The first-order valence-electron chi connectivity index (χ1n) is 5.18. The summed E-state index contributed by atoms with van der Waals surface area (Å²) in [7, 11) is 0. The van der Waals surface area contributed by atoms with Gasteiger partial charge in [0, 0.05) is 22.3 Å². The van der Waals surface area contributed by atoms with E-state index >= 15 is 0 Å². The summed E-state index contributed by atoms with van der Waals surface area (Å²) in [6, 6.07) is 5.64. The number of aromatic nitrogens is 1. The lowest BCUT2D eigenvalue weighted by molar-refractivity contribution is -0.110. The Bertz CT molecular complexity index is 596. The number of amides is 1. The van der Waals surface area contributed by atoms with Crippen molar-refractivity contribution in [3.05, 3.63) is 40.5 Å². The predicted octanol–water partition coefficient (Wildman–Crippen LogP) is 2.06. The number of fused-ring (bicyclic) bond motifs is 1. The van der Waals surface area contributed by atoms with E-state index in [1.54, 1.807) is 0 Å². The number of anilines is 1. The van der Waals surface area contributed by atoms with Gasteiger partial charge >= 0.3 is 0 Å². The smallest absolute Gasteiger partial charge is 0.257 e. The summed E-state index contributed by atoms with van der Waals surface area (Å²) >= 11 is 1.41. The molecule has 0 saturated heterocycles. The largest absolute Gasteiger partial charge is 0.391 e. The van der Waals surface area contributed by atoms with Gasteiger partial charge in [-0.05, 0) is 24.3 Å². The number of hydrogen-bond donors (Lipinski definition) is 3. The highest BCUT2D eigenvalue weighted by Gasteiger charge is 2.26. The zero-order valence-corrected chi connectivity index (χ0v) is 9.67. The van der Waals surface area contributed by atoms with Crippen LogP contribution in [0.2, 0.25) is 0 Å². The van der Waals surface area contributed by atoms with Gasteiger partial charge in [0.05, 0.1) is 12.2 Å². The fraction of sp³-hybridized carbons (Fsp3) is 0.0833. The number of carbonyl (C=O) groups is 1. The van der Waals surface area contributed by atoms with Crippen LogP contribution in [0.4, 0.5) is 5.00 Å². The molecule has 4 nitrogen and oxygen atoms in total. The number of aliphatic hydroxyl groups is 1. The van der Waals surface area contributed by atoms with Crippen molar-refractivity contribution in [2.24, 2.45) is 0 Å². The minimum Gasteiger partial charge on any atom is -0.391 e. The van der Waals surface area contributed by atoms with Crippen LogP contribution >= 0.6 is 11.3 Å². The predicted molar refractivity (Wildman–Crippen MR) is 67.5 cm³/mol. The fourth-order valence-corrected chi connectivity index (χ4v) is 2.76. The molecule has 3 N–H and O–H groups in total. The summed E-state index contributed by atoms with van der Waals surface area (Å²) in [5.74, 6) is -0.0923. The van der Waals surface area contributed by atoms with Gasteiger partial charge in [0.1, 0.15) is 5.00 Å².